The molecule has 1 N–H and O–H groups in total. The summed E-state index contributed by atoms with van der Waals surface area (Å²) in [6, 6.07) is 16.1. The Labute approximate surface area is 169 Å². The zero-order chi connectivity index (χ0) is 19.3. The van der Waals surface area contributed by atoms with Crippen LogP contribution in [0, 0.1) is 5.92 Å². The average Bonchev–Trinajstić information content (AvgIpc) is 3.29. The monoisotopic (exact) mass is 392 g/mol. The molecule has 144 valence electrons. The summed E-state index contributed by atoms with van der Waals surface area (Å²) in [5.41, 5.74) is 2.98. The van der Waals surface area contributed by atoms with E-state index < -0.39 is 0 Å². The number of anilines is 2. The third-order valence-corrected chi connectivity index (χ3v) is 6.09. The molecule has 0 aliphatic carbocycles. The minimum Gasteiger partial charge on any atom is -0.354 e. The van der Waals surface area contributed by atoms with Crippen molar-refractivity contribution >= 4 is 28.7 Å². The zero-order valence-electron chi connectivity index (χ0n) is 16.0. The molecule has 2 aromatic heterocycles. The summed E-state index contributed by atoms with van der Waals surface area (Å²) < 4.78 is 0. The second-order valence-electron chi connectivity index (χ2n) is 7.04. The Morgan fingerprint density at radius 3 is 2.82 bits per heavy atom. The first-order valence-corrected chi connectivity index (χ1v) is 10.6. The molecule has 1 fully saturated rings. The lowest BCUT2D eigenvalue weighted by Crippen LogP contribution is -2.41. The van der Waals surface area contributed by atoms with Crippen LogP contribution >= 0.6 is 11.3 Å². The van der Waals surface area contributed by atoms with Gasteiger partial charge in [0.1, 0.15) is 5.69 Å². The van der Waals surface area contributed by atoms with Gasteiger partial charge in [0.25, 0.3) is 0 Å². The average molecular weight is 393 g/mol. The number of aryl methyl sites for hydroxylation is 1. The van der Waals surface area contributed by atoms with Gasteiger partial charge in [-0.3, -0.25) is 4.79 Å². The maximum absolute atomic E-state index is 12.8. The maximum atomic E-state index is 12.8. The molecule has 4 rings (SSSR count). The summed E-state index contributed by atoms with van der Waals surface area (Å²) in [7, 11) is 0. The van der Waals surface area contributed by atoms with Gasteiger partial charge in [-0.05, 0) is 54.5 Å². The van der Waals surface area contributed by atoms with Crippen molar-refractivity contribution in [2.75, 3.05) is 23.3 Å². The molecule has 3 aromatic rings. The van der Waals surface area contributed by atoms with E-state index in [1.807, 2.05) is 47.8 Å². The first-order valence-electron chi connectivity index (χ1n) is 9.76. The summed E-state index contributed by atoms with van der Waals surface area (Å²) in [5, 5.41) is 14.0. The van der Waals surface area contributed by atoms with E-state index in [-0.39, 0.29) is 11.8 Å². The van der Waals surface area contributed by atoms with Crippen LogP contribution in [0.5, 0.6) is 0 Å². The number of hydrogen-bond acceptors (Lipinski definition) is 5. The number of benzene rings is 1. The van der Waals surface area contributed by atoms with Gasteiger partial charge in [-0.15, -0.1) is 21.5 Å². The van der Waals surface area contributed by atoms with Crippen LogP contribution in [0.2, 0.25) is 0 Å². The maximum Gasteiger partial charge on any atom is 0.229 e. The molecule has 1 aliphatic heterocycles. The Morgan fingerprint density at radius 2 is 2.07 bits per heavy atom. The topological polar surface area (TPSA) is 58.1 Å². The van der Waals surface area contributed by atoms with Crippen LogP contribution in [0.25, 0.3) is 10.6 Å². The van der Waals surface area contributed by atoms with Crippen LogP contribution in [-0.2, 0) is 11.2 Å². The van der Waals surface area contributed by atoms with Crippen molar-refractivity contribution in [3.63, 3.8) is 0 Å². The lowest BCUT2D eigenvalue weighted by molar-refractivity contribution is -0.120. The van der Waals surface area contributed by atoms with Crippen molar-refractivity contribution in [3.8, 4) is 10.6 Å². The van der Waals surface area contributed by atoms with Crippen LogP contribution in [0.3, 0.4) is 0 Å². The highest BCUT2D eigenvalue weighted by Gasteiger charge is 2.27. The van der Waals surface area contributed by atoms with Crippen LogP contribution in [0.1, 0.15) is 25.3 Å². The van der Waals surface area contributed by atoms with Crippen molar-refractivity contribution in [2.24, 2.45) is 5.92 Å². The smallest absolute Gasteiger partial charge is 0.229 e. The highest BCUT2D eigenvalue weighted by Crippen LogP contribution is 2.26. The van der Waals surface area contributed by atoms with Crippen LogP contribution in [0.15, 0.2) is 53.9 Å². The van der Waals surface area contributed by atoms with Crippen molar-refractivity contribution in [3.05, 3.63) is 59.5 Å². The number of rotatable bonds is 5. The molecule has 5 nitrogen and oxygen atoms in total. The number of nitrogens with one attached hydrogen (secondary N) is 1. The summed E-state index contributed by atoms with van der Waals surface area (Å²) in [6.07, 6.45) is 2.78. The standard InChI is InChI=1S/C22H24N4OS/c1-2-16-7-3-4-9-18(16)23-22(27)17-8-5-13-26(15-17)21-12-11-19(24-25-21)20-10-6-14-28-20/h3-4,6-7,9-12,14,17H,2,5,8,13,15H2,1H3,(H,23,27). The third-order valence-electron chi connectivity index (χ3n) is 5.20. The van der Waals surface area contributed by atoms with Crippen molar-refractivity contribution < 1.29 is 4.79 Å². The van der Waals surface area contributed by atoms with Gasteiger partial charge in [0.2, 0.25) is 5.91 Å². The highest BCUT2D eigenvalue weighted by atomic mass is 32.1. The number of nitrogens with zero attached hydrogens (tertiary/aromatic N) is 3. The molecule has 0 radical (unpaired) electrons. The van der Waals surface area contributed by atoms with Crippen molar-refractivity contribution in [2.45, 2.75) is 26.2 Å². The normalized spacial score (nSPS) is 16.8. The van der Waals surface area contributed by atoms with Gasteiger partial charge in [-0.1, -0.05) is 31.2 Å². The van der Waals surface area contributed by atoms with E-state index in [9.17, 15) is 4.79 Å². The molecule has 1 atom stereocenters. The van der Waals surface area contributed by atoms with Gasteiger partial charge in [0.15, 0.2) is 5.82 Å². The number of para-hydroxylation sites is 1. The molecule has 28 heavy (non-hydrogen) atoms. The highest BCUT2D eigenvalue weighted by molar-refractivity contribution is 7.13. The fraction of sp³-hybridized carbons (Fsp3) is 0.318. The second kappa shape index (κ2) is 8.52. The van der Waals surface area contributed by atoms with E-state index >= 15 is 0 Å². The lowest BCUT2D eigenvalue weighted by Gasteiger charge is -2.32. The lowest BCUT2D eigenvalue weighted by atomic mass is 9.96. The summed E-state index contributed by atoms with van der Waals surface area (Å²) in [5.74, 6) is 0.887. The number of thiophene rings is 1. The SMILES string of the molecule is CCc1ccccc1NC(=O)C1CCCN(c2ccc(-c3cccs3)nn2)C1. The fourth-order valence-corrected chi connectivity index (χ4v) is 4.32. The van der Waals surface area contributed by atoms with E-state index in [0.29, 0.717) is 6.54 Å². The molecule has 1 amide bonds. The summed E-state index contributed by atoms with van der Waals surface area (Å²) in [6.45, 7) is 3.68. The zero-order valence-corrected chi connectivity index (χ0v) is 16.8. The predicted octanol–water partition coefficient (Wildman–Crippen LogP) is 4.62. The molecule has 1 saturated heterocycles. The molecular formula is C22H24N4OS. The Morgan fingerprint density at radius 1 is 1.18 bits per heavy atom. The van der Waals surface area contributed by atoms with Gasteiger partial charge < -0.3 is 10.2 Å². The molecule has 0 spiro atoms. The molecule has 1 aliphatic rings. The number of amides is 1. The molecule has 0 bridgehead atoms. The predicted molar refractivity (Wildman–Crippen MR) is 115 cm³/mol. The van der Waals surface area contributed by atoms with Crippen LogP contribution in [-0.4, -0.2) is 29.2 Å². The van der Waals surface area contributed by atoms with Gasteiger partial charge in [0, 0.05) is 18.8 Å². The van der Waals surface area contributed by atoms with Gasteiger partial charge in [0.05, 0.1) is 10.8 Å². The molecule has 3 heterocycles. The Hall–Kier alpha value is -2.73. The van der Waals surface area contributed by atoms with E-state index in [1.165, 1.54) is 5.56 Å². The Kier molecular flexibility index (Phi) is 5.67. The Balaban J connectivity index is 1.43. The van der Waals surface area contributed by atoms with Crippen LogP contribution in [0.4, 0.5) is 11.5 Å². The molecule has 0 saturated carbocycles. The fourth-order valence-electron chi connectivity index (χ4n) is 3.63. The summed E-state index contributed by atoms with van der Waals surface area (Å²) in [4.78, 5) is 16.1. The molecule has 6 heteroatoms. The van der Waals surface area contributed by atoms with Crippen molar-refractivity contribution in [1.82, 2.24) is 10.2 Å². The number of carbonyl (C=O) groups is 1. The summed E-state index contributed by atoms with van der Waals surface area (Å²) >= 11 is 1.66. The van der Waals surface area contributed by atoms with E-state index in [1.54, 1.807) is 11.3 Å². The number of hydrogen-bond donors (Lipinski definition) is 1. The Bertz CT molecular complexity index is 924. The molecule has 1 unspecified atom stereocenters. The minimum atomic E-state index is -0.0440. The van der Waals surface area contributed by atoms with Gasteiger partial charge in [-0.2, -0.15) is 0 Å². The molecule has 1 aromatic carbocycles. The van der Waals surface area contributed by atoms with Gasteiger partial charge >= 0.3 is 0 Å². The van der Waals surface area contributed by atoms with Gasteiger partial charge in [-0.25, -0.2) is 0 Å². The minimum absolute atomic E-state index is 0.0440. The van der Waals surface area contributed by atoms with Crippen molar-refractivity contribution in [1.29, 1.82) is 0 Å². The quantitative estimate of drug-likeness (QED) is 0.688. The third kappa shape index (κ3) is 4.07. The first-order chi connectivity index (χ1) is 13.7. The largest absolute Gasteiger partial charge is 0.354 e. The number of aromatic nitrogens is 2. The first kappa shape index (κ1) is 18.6. The molecular weight excluding hydrogens is 368 g/mol. The second-order valence-corrected chi connectivity index (χ2v) is 7.99. The number of piperidine rings is 1. The van der Waals surface area contributed by atoms with Crippen LogP contribution < -0.4 is 10.2 Å². The number of carbonyl (C=O) groups excluding carboxylic acids is 1. The van der Waals surface area contributed by atoms with E-state index in [0.717, 1.165) is 47.9 Å². The van der Waals surface area contributed by atoms with E-state index in [4.69, 9.17) is 0 Å². The van der Waals surface area contributed by atoms with E-state index in [2.05, 4.69) is 33.4 Å².